The lowest BCUT2D eigenvalue weighted by atomic mass is 10.2. The summed E-state index contributed by atoms with van der Waals surface area (Å²) in [4.78, 5) is 6.35. The van der Waals surface area contributed by atoms with Crippen LogP contribution in [0, 0.1) is 0 Å². The van der Waals surface area contributed by atoms with Crippen molar-refractivity contribution in [3.63, 3.8) is 0 Å². The van der Waals surface area contributed by atoms with Gasteiger partial charge in [-0.25, -0.2) is 9.37 Å². The van der Waals surface area contributed by atoms with Crippen molar-refractivity contribution < 1.29 is 4.39 Å². The van der Waals surface area contributed by atoms with Crippen LogP contribution in [0.2, 0.25) is 0 Å². The highest BCUT2D eigenvalue weighted by molar-refractivity contribution is 5.34. The monoisotopic (exact) mass is 209 g/mol. The molecule has 0 unspecified atom stereocenters. The molecule has 0 radical (unpaired) electrons. The number of hydrogen-bond acceptors (Lipinski definition) is 3. The summed E-state index contributed by atoms with van der Waals surface area (Å²) < 4.78 is 12.9. The maximum absolute atomic E-state index is 12.9. The normalized spacial score (nSPS) is 21.9. The lowest BCUT2D eigenvalue weighted by Crippen LogP contribution is -2.20. The van der Waals surface area contributed by atoms with Crippen molar-refractivity contribution in [1.82, 2.24) is 9.88 Å². The zero-order valence-corrected chi connectivity index (χ0v) is 8.91. The molecule has 4 heteroatoms. The van der Waals surface area contributed by atoms with Crippen LogP contribution in [-0.2, 0) is 6.54 Å². The largest absolute Gasteiger partial charge is 0.373 e. The van der Waals surface area contributed by atoms with Gasteiger partial charge in [-0.1, -0.05) is 6.07 Å². The highest BCUT2D eigenvalue weighted by Gasteiger charge is 2.21. The van der Waals surface area contributed by atoms with Crippen LogP contribution in [-0.4, -0.2) is 36.2 Å². The lowest BCUT2D eigenvalue weighted by Gasteiger charge is -2.14. The van der Waals surface area contributed by atoms with Gasteiger partial charge in [-0.05, 0) is 18.1 Å². The van der Waals surface area contributed by atoms with E-state index >= 15 is 0 Å². The van der Waals surface area contributed by atoms with Crippen LogP contribution >= 0.6 is 0 Å². The van der Waals surface area contributed by atoms with Gasteiger partial charge < -0.3 is 5.32 Å². The number of nitrogens with zero attached hydrogens (tertiary/aromatic N) is 2. The van der Waals surface area contributed by atoms with Crippen LogP contribution < -0.4 is 5.32 Å². The molecule has 1 N–H and O–H groups in total. The first kappa shape index (κ1) is 10.4. The number of alkyl halides is 1. The first-order valence-electron chi connectivity index (χ1n) is 5.27. The lowest BCUT2D eigenvalue weighted by molar-refractivity contribution is 0.282. The van der Waals surface area contributed by atoms with Crippen LogP contribution in [0.4, 0.5) is 10.2 Å². The molecule has 0 bridgehead atoms. The molecular formula is C11H16FN3. The van der Waals surface area contributed by atoms with Crippen molar-refractivity contribution in [2.24, 2.45) is 0 Å². The molecule has 0 aromatic carbocycles. The third-order valence-electron chi connectivity index (χ3n) is 2.70. The van der Waals surface area contributed by atoms with Gasteiger partial charge in [0.15, 0.2) is 0 Å². The van der Waals surface area contributed by atoms with Crippen molar-refractivity contribution in [1.29, 1.82) is 0 Å². The van der Waals surface area contributed by atoms with E-state index in [0.29, 0.717) is 13.0 Å². The fourth-order valence-corrected chi connectivity index (χ4v) is 1.85. The number of anilines is 1. The Balaban J connectivity index is 1.93. The van der Waals surface area contributed by atoms with Crippen molar-refractivity contribution in [3.05, 3.63) is 23.9 Å². The molecule has 2 rings (SSSR count). The van der Waals surface area contributed by atoms with E-state index in [1.165, 1.54) is 0 Å². The van der Waals surface area contributed by atoms with Crippen LogP contribution in [0.5, 0.6) is 0 Å². The molecule has 1 aromatic rings. The molecule has 1 atom stereocenters. The van der Waals surface area contributed by atoms with E-state index in [1.807, 2.05) is 25.4 Å². The fourth-order valence-electron chi connectivity index (χ4n) is 1.85. The molecule has 15 heavy (non-hydrogen) atoms. The first-order chi connectivity index (χ1) is 7.28. The summed E-state index contributed by atoms with van der Waals surface area (Å²) in [7, 11) is 1.84. The number of nitrogens with one attached hydrogen (secondary N) is 1. The topological polar surface area (TPSA) is 28.2 Å². The van der Waals surface area contributed by atoms with E-state index in [-0.39, 0.29) is 0 Å². The smallest absolute Gasteiger partial charge is 0.125 e. The Morgan fingerprint density at radius 3 is 3.00 bits per heavy atom. The molecular weight excluding hydrogens is 193 g/mol. The quantitative estimate of drug-likeness (QED) is 0.820. The van der Waals surface area contributed by atoms with E-state index in [1.54, 1.807) is 0 Å². The van der Waals surface area contributed by atoms with E-state index in [4.69, 9.17) is 0 Å². The molecule has 1 aliphatic heterocycles. The Labute approximate surface area is 89.3 Å². The van der Waals surface area contributed by atoms with Crippen molar-refractivity contribution >= 4 is 5.82 Å². The van der Waals surface area contributed by atoms with Gasteiger partial charge >= 0.3 is 0 Å². The number of hydrogen-bond donors (Lipinski definition) is 1. The summed E-state index contributed by atoms with van der Waals surface area (Å²) in [6.07, 6.45) is 1.87. The van der Waals surface area contributed by atoms with Crippen LogP contribution in [0.15, 0.2) is 18.3 Å². The Morgan fingerprint density at radius 2 is 2.47 bits per heavy atom. The fraction of sp³-hybridized carbons (Fsp3) is 0.545. The van der Waals surface area contributed by atoms with Gasteiger partial charge in [0, 0.05) is 32.9 Å². The molecule has 1 fully saturated rings. The second-order valence-corrected chi connectivity index (χ2v) is 3.92. The molecule has 1 aromatic heterocycles. The zero-order chi connectivity index (χ0) is 10.7. The number of pyridine rings is 1. The minimum absolute atomic E-state index is 0.563. The Morgan fingerprint density at radius 1 is 1.60 bits per heavy atom. The van der Waals surface area contributed by atoms with Gasteiger partial charge in [0.05, 0.1) is 0 Å². The van der Waals surface area contributed by atoms with Crippen LogP contribution in [0.1, 0.15) is 12.0 Å². The van der Waals surface area contributed by atoms with E-state index in [9.17, 15) is 4.39 Å². The first-order valence-corrected chi connectivity index (χ1v) is 5.27. The average molecular weight is 209 g/mol. The van der Waals surface area contributed by atoms with Gasteiger partial charge in [0.1, 0.15) is 12.0 Å². The summed E-state index contributed by atoms with van der Waals surface area (Å²) in [5, 5.41) is 2.97. The molecule has 3 nitrogen and oxygen atoms in total. The van der Waals surface area contributed by atoms with E-state index in [0.717, 1.165) is 24.5 Å². The molecule has 1 aliphatic rings. The van der Waals surface area contributed by atoms with E-state index in [2.05, 4.69) is 15.2 Å². The van der Waals surface area contributed by atoms with Crippen molar-refractivity contribution in [3.8, 4) is 0 Å². The molecule has 0 spiro atoms. The molecule has 1 saturated heterocycles. The second-order valence-electron chi connectivity index (χ2n) is 3.92. The van der Waals surface area contributed by atoms with Gasteiger partial charge in [-0.3, -0.25) is 4.90 Å². The van der Waals surface area contributed by atoms with Gasteiger partial charge in [-0.2, -0.15) is 0 Å². The van der Waals surface area contributed by atoms with Crippen molar-refractivity contribution in [2.45, 2.75) is 19.1 Å². The minimum Gasteiger partial charge on any atom is -0.373 e. The number of aromatic nitrogens is 1. The summed E-state index contributed by atoms with van der Waals surface area (Å²) in [5.41, 5.74) is 1.14. The average Bonchev–Trinajstić information content (AvgIpc) is 2.65. The van der Waals surface area contributed by atoms with Crippen LogP contribution in [0.3, 0.4) is 0 Å². The third kappa shape index (κ3) is 2.65. The Hall–Kier alpha value is -1.16. The second kappa shape index (κ2) is 4.57. The predicted octanol–water partition coefficient (Wildman–Crippen LogP) is 1.67. The highest BCUT2D eigenvalue weighted by atomic mass is 19.1. The predicted molar refractivity (Wildman–Crippen MR) is 58.6 cm³/mol. The number of rotatable bonds is 3. The van der Waals surface area contributed by atoms with Crippen molar-refractivity contribution in [2.75, 3.05) is 25.5 Å². The summed E-state index contributed by atoms with van der Waals surface area (Å²) in [5.74, 6) is 0.864. The molecule has 0 aliphatic carbocycles. The third-order valence-corrected chi connectivity index (χ3v) is 2.70. The maximum atomic E-state index is 12.9. The SMILES string of the molecule is CNc1ccc(CN2CC[C@@H](F)C2)cn1. The summed E-state index contributed by atoms with van der Waals surface area (Å²) in [6.45, 7) is 2.22. The minimum atomic E-state index is -0.644. The Kier molecular flexibility index (Phi) is 3.16. The molecule has 82 valence electrons. The van der Waals surface area contributed by atoms with Gasteiger partial charge in [0.25, 0.3) is 0 Å². The number of halogens is 1. The van der Waals surface area contributed by atoms with Gasteiger partial charge in [-0.15, -0.1) is 0 Å². The number of likely N-dealkylation sites (tertiary alicyclic amines) is 1. The highest BCUT2D eigenvalue weighted by Crippen LogP contribution is 2.15. The zero-order valence-electron chi connectivity index (χ0n) is 8.91. The molecule has 2 heterocycles. The van der Waals surface area contributed by atoms with E-state index < -0.39 is 6.17 Å². The van der Waals surface area contributed by atoms with Gasteiger partial charge in [0.2, 0.25) is 0 Å². The Bertz CT molecular complexity index is 312. The summed E-state index contributed by atoms with van der Waals surface area (Å²) >= 11 is 0. The maximum Gasteiger partial charge on any atom is 0.125 e. The standard InChI is InChI=1S/C11H16FN3/c1-13-11-3-2-9(6-14-11)7-15-5-4-10(12)8-15/h2-3,6,10H,4-5,7-8H2,1H3,(H,13,14)/t10-/m1/s1. The molecule has 0 amide bonds. The summed E-state index contributed by atoms with van der Waals surface area (Å²) in [6, 6.07) is 3.97. The van der Waals surface area contributed by atoms with Crippen LogP contribution in [0.25, 0.3) is 0 Å². The molecule has 0 saturated carbocycles.